The first-order valence-corrected chi connectivity index (χ1v) is 8.28. The zero-order chi connectivity index (χ0) is 19.1. The maximum Gasteiger partial charge on any atom is 0.488 e. The van der Waals surface area contributed by atoms with Crippen LogP contribution in [0.15, 0.2) is 0 Å². The van der Waals surface area contributed by atoms with Gasteiger partial charge in [-0.3, -0.25) is 0 Å². The van der Waals surface area contributed by atoms with Crippen molar-refractivity contribution in [2.45, 2.75) is 84.6 Å². The summed E-state index contributed by atoms with van der Waals surface area (Å²) >= 11 is 0. The minimum Gasteiger partial charge on any atom is -0.452 e. The van der Waals surface area contributed by atoms with Gasteiger partial charge in [0.1, 0.15) is 0 Å². The largest absolute Gasteiger partial charge is 0.488 e. The fraction of sp³-hybridized carbons (Fsp3) is 1.00. The van der Waals surface area contributed by atoms with Gasteiger partial charge in [0.15, 0.2) is 0 Å². The molecule has 0 amide bonds. The van der Waals surface area contributed by atoms with Gasteiger partial charge in [-0.1, -0.05) is 6.82 Å². The lowest BCUT2D eigenvalue weighted by Crippen LogP contribution is -2.41. The third-order valence-electron chi connectivity index (χ3n) is 5.20. The molecule has 0 bridgehead atoms. The molecule has 2 saturated heterocycles. The van der Waals surface area contributed by atoms with Crippen LogP contribution < -0.4 is 0 Å². The van der Waals surface area contributed by atoms with Crippen LogP contribution in [0.2, 0.25) is 6.82 Å². The minimum absolute atomic E-state index is 0.360. The Morgan fingerprint density at radius 2 is 0.750 bits per heavy atom. The highest BCUT2D eigenvalue weighted by atomic mass is 16.7. The van der Waals surface area contributed by atoms with E-state index in [1.54, 1.807) is 0 Å². The molecule has 0 saturated carbocycles. The summed E-state index contributed by atoms with van der Waals surface area (Å²) in [5.41, 5.74) is -1.44. The van der Waals surface area contributed by atoms with E-state index in [2.05, 4.69) is 0 Å². The van der Waals surface area contributed by atoms with Gasteiger partial charge in [0.05, 0.1) is 22.4 Å². The van der Waals surface area contributed by atoms with Crippen molar-refractivity contribution in [3.8, 4) is 0 Å². The molecule has 136 valence electrons. The summed E-state index contributed by atoms with van der Waals surface area (Å²) in [6, 6.07) is 0. The van der Waals surface area contributed by atoms with Gasteiger partial charge in [0.2, 0.25) is 0 Å². The monoisotopic (exact) mass is 342 g/mol. The zero-order valence-corrected chi connectivity index (χ0v) is 16.3. The molecule has 0 aromatic carbocycles. The van der Waals surface area contributed by atoms with E-state index in [4.69, 9.17) is 33.7 Å². The van der Waals surface area contributed by atoms with Gasteiger partial charge in [0.25, 0.3) is 0 Å². The second kappa shape index (κ2) is 6.95. The molecule has 0 aliphatic carbocycles. The third kappa shape index (κ3) is 4.58. The third-order valence-corrected chi connectivity index (χ3v) is 5.20. The average molecular weight is 342 g/mol. The summed E-state index contributed by atoms with van der Waals surface area (Å²) in [4.78, 5) is 0. The molecule has 2 aliphatic heterocycles. The highest BCUT2D eigenvalue weighted by molar-refractivity contribution is 7.11. The van der Waals surface area contributed by atoms with Crippen molar-refractivity contribution >= 4 is 27.8 Å². The zero-order valence-electron chi connectivity index (χ0n) is 16.3. The van der Waals surface area contributed by atoms with Gasteiger partial charge in [-0.05, 0) is 55.4 Å². The lowest BCUT2D eigenvalue weighted by Gasteiger charge is -2.32. The van der Waals surface area contributed by atoms with Crippen LogP contribution in [-0.4, -0.2) is 65.3 Å². The maximum absolute atomic E-state index is 8.13. The topological polar surface area (TPSA) is 97.6 Å². The first-order chi connectivity index (χ1) is 10.5. The number of rotatable bonds is 2. The first kappa shape index (κ1) is 22.0. The Labute approximate surface area is 146 Å². The van der Waals surface area contributed by atoms with Crippen LogP contribution in [0, 0.1) is 0 Å². The lowest BCUT2D eigenvalue weighted by atomic mass is 9.39. The quantitative estimate of drug-likeness (QED) is 0.625. The van der Waals surface area contributed by atoms with Gasteiger partial charge in [-0.15, -0.1) is 0 Å². The lowest BCUT2D eigenvalue weighted by molar-refractivity contribution is 0.00578. The summed E-state index contributed by atoms with van der Waals surface area (Å²) in [6.45, 7) is 16.5. The van der Waals surface area contributed by atoms with Gasteiger partial charge >= 0.3 is 27.8 Å². The summed E-state index contributed by atoms with van der Waals surface area (Å²) in [5.74, 6) is 0. The fourth-order valence-corrected chi connectivity index (χ4v) is 2.00. The molecular weight excluding hydrogens is 311 g/mol. The molecule has 2 aliphatic rings. The Hall–Kier alpha value is -0.0203. The normalized spacial score (nSPS) is 26.0. The van der Waals surface area contributed by atoms with E-state index >= 15 is 0 Å². The molecule has 3 N–H and O–H groups in total. The Balaban J connectivity index is 0.000000413. The Morgan fingerprint density at radius 3 is 0.875 bits per heavy atom. The van der Waals surface area contributed by atoms with Crippen LogP contribution >= 0.6 is 0 Å². The smallest absolute Gasteiger partial charge is 0.452 e. The molecule has 0 unspecified atom stereocenters. The van der Waals surface area contributed by atoms with E-state index in [0.717, 1.165) is 0 Å². The molecule has 0 radical (unpaired) electrons. The second-order valence-electron chi connectivity index (χ2n) is 8.40. The van der Waals surface area contributed by atoms with E-state index < -0.39 is 27.8 Å². The Morgan fingerprint density at radius 1 is 0.583 bits per heavy atom. The molecule has 2 rings (SSSR count). The number of hydrogen-bond donors (Lipinski definition) is 3. The van der Waals surface area contributed by atoms with E-state index in [1.165, 1.54) is 6.82 Å². The molecule has 7 nitrogen and oxygen atoms in total. The predicted molar refractivity (Wildman–Crippen MR) is 96.2 cm³/mol. The summed E-state index contributed by atoms with van der Waals surface area (Å²) in [5, 5.41) is 24.0. The molecule has 0 spiro atoms. The second-order valence-corrected chi connectivity index (χ2v) is 8.40. The maximum atomic E-state index is 8.13. The van der Waals surface area contributed by atoms with Crippen LogP contribution in [0.1, 0.15) is 55.4 Å². The first-order valence-electron chi connectivity index (χ1n) is 8.28. The van der Waals surface area contributed by atoms with E-state index in [1.807, 2.05) is 55.4 Å². The molecule has 2 heterocycles. The van der Waals surface area contributed by atoms with Crippen LogP contribution in [-0.2, 0) is 18.6 Å². The Bertz CT molecular complexity index is 368. The summed E-state index contributed by atoms with van der Waals surface area (Å²) in [6.07, 6.45) is 0. The van der Waals surface area contributed by atoms with Crippen molar-refractivity contribution in [1.29, 1.82) is 0 Å². The van der Waals surface area contributed by atoms with E-state index in [0.29, 0.717) is 0 Å². The van der Waals surface area contributed by atoms with Crippen molar-refractivity contribution in [2.24, 2.45) is 0 Å². The van der Waals surface area contributed by atoms with Crippen LogP contribution in [0.25, 0.3) is 0 Å². The predicted octanol–water partition coefficient (Wildman–Crippen LogP) is 0.400. The molecule has 0 aromatic rings. The van der Waals surface area contributed by atoms with Crippen molar-refractivity contribution in [1.82, 2.24) is 0 Å². The highest BCUT2D eigenvalue weighted by Gasteiger charge is 2.63. The van der Waals surface area contributed by atoms with E-state index in [-0.39, 0.29) is 22.4 Å². The van der Waals surface area contributed by atoms with Crippen LogP contribution in [0.5, 0.6) is 0 Å². The van der Waals surface area contributed by atoms with Crippen molar-refractivity contribution in [3.05, 3.63) is 0 Å². The van der Waals surface area contributed by atoms with Gasteiger partial charge < -0.3 is 33.7 Å². The molecule has 24 heavy (non-hydrogen) atoms. The molecule has 0 aromatic heterocycles. The molecular formula is C13H30B4O7. The van der Waals surface area contributed by atoms with E-state index in [9.17, 15) is 0 Å². The standard InChI is InChI=1S/C12H24B2O4.CH6B2O3/c1-9(2)10(3,4)16-13(15-9)14-17-11(5,6)12(7,8)18-14;1-2(4)3(5)6/h1-8H3;4-6H,1H3. The van der Waals surface area contributed by atoms with Crippen LogP contribution in [0.4, 0.5) is 0 Å². The fourth-order valence-electron chi connectivity index (χ4n) is 2.00. The Kier molecular flexibility index (Phi) is 6.37. The summed E-state index contributed by atoms with van der Waals surface area (Å²) in [7, 11) is -2.54. The highest BCUT2D eigenvalue weighted by Crippen LogP contribution is 2.42. The minimum atomic E-state index is -1.59. The van der Waals surface area contributed by atoms with Crippen molar-refractivity contribution in [3.63, 3.8) is 0 Å². The van der Waals surface area contributed by atoms with Crippen molar-refractivity contribution < 1.29 is 33.7 Å². The SMILES string of the molecule is CB(O)B(O)O.CC1(C)OB(B2OC(C)(C)C(C)(C)O2)OC1(C)C. The van der Waals surface area contributed by atoms with Gasteiger partial charge in [-0.25, -0.2) is 0 Å². The average Bonchev–Trinajstić information content (AvgIpc) is 2.70. The number of hydrogen-bond acceptors (Lipinski definition) is 7. The molecule has 2 fully saturated rings. The van der Waals surface area contributed by atoms with Gasteiger partial charge in [-0.2, -0.15) is 0 Å². The molecule has 11 heteroatoms. The van der Waals surface area contributed by atoms with Crippen LogP contribution in [0.3, 0.4) is 0 Å². The van der Waals surface area contributed by atoms with Crippen molar-refractivity contribution in [2.75, 3.05) is 0 Å². The summed E-state index contributed by atoms with van der Waals surface area (Å²) < 4.78 is 23.8. The van der Waals surface area contributed by atoms with Gasteiger partial charge in [0, 0.05) is 0 Å². The molecule has 0 atom stereocenters.